The van der Waals surface area contributed by atoms with E-state index in [2.05, 4.69) is 83.6 Å². The van der Waals surface area contributed by atoms with Crippen molar-refractivity contribution in [1.29, 1.82) is 0 Å². The predicted molar refractivity (Wildman–Crippen MR) is 308 cm³/mol. The monoisotopic (exact) mass is 1020 g/mol. The Labute approximate surface area is 449 Å². The van der Waals surface area contributed by atoms with Gasteiger partial charge in [-0.3, -0.25) is 0 Å². The molecule has 0 atom stereocenters. The van der Waals surface area contributed by atoms with Gasteiger partial charge in [0.2, 0.25) is 11.8 Å². The fourth-order valence-corrected chi connectivity index (χ4v) is 10.7. The molecule has 0 aromatic heterocycles. The van der Waals surface area contributed by atoms with E-state index in [1.54, 1.807) is 38.1 Å². The third-order valence-corrected chi connectivity index (χ3v) is 14.7. The molecule has 4 saturated carbocycles. The van der Waals surface area contributed by atoms with Crippen LogP contribution in [0.3, 0.4) is 0 Å². The second-order valence-corrected chi connectivity index (χ2v) is 20.7. The molecule has 0 spiro atoms. The largest absolute Gasteiger partial charge is 0.443 e. The van der Waals surface area contributed by atoms with Crippen LogP contribution in [0.5, 0.6) is 23.0 Å². The van der Waals surface area contributed by atoms with Gasteiger partial charge in [-0.15, -0.1) is 0 Å². The van der Waals surface area contributed by atoms with Gasteiger partial charge in [-0.2, -0.15) is 20.0 Å². The van der Waals surface area contributed by atoms with E-state index in [1.807, 2.05) is 43.3 Å². The summed E-state index contributed by atoms with van der Waals surface area (Å²) >= 11 is 0. The van der Waals surface area contributed by atoms with E-state index in [9.17, 15) is 0 Å². The molecular formula is C65H84N4O6. The van der Waals surface area contributed by atoms with Gasteiger partial charge in [-0.1, -0.05) is 146 Å². The van der Waals surface area contributed by atoms with Crippen LogP contribution in [0.2, 0.25) is 0 Å². The van der Waals surface area contributed by atoms with Crippen LogP contribution in [-0.4, -0.2) is 23.8 Å². The van der Waals surface area contributed by atoms with Crippen molar-refractivity contribution in [3.05, 3.63) is 157 Å². The van der Waals surface area contributed by atoms with Crippen molar-refractivity contribution in [3.63, 3.8) is 0 Å². The summed E-state index contributed by atoms with van der Waals surface area (Å²) in [5.74, 6) is 7.13. The molecule has 0 heterocycles. The van der Waals surface area contributed by atoms with Crippen LogP contribution < -0.4 is 18.9 Å². The first-order chi connectivity index (χ1) is 36.7. The molecule has 0 N–H and O–H groups in total. The Bertz CT molecular complexity index is 2510. The van der Waals surface area contributed by atoms with Crippen molar-refractivity contribution in [3.8, 4) is 23.0 Å². The number of ether oxygens (including phenoxy) is 6. The smallest absolute Gasteiger partial charge is 0.328 e. The van der Waals surface area contributed by atoms with Crippen molar-refractivity contribution in [2.45, 2.75) is 187 Å². The summed E-state index contributed by atoms with van der Waals surface area (Å²) in [4.78, 5) is 18.6. The van der Waals surface area contributed by atoms with Gasteiger partial charge in [0.25, 0.3) is 0 Å². The highest BCUT2D eigenvalue weighted by molar-refractivity contribution is 5.92. The lowest BCUT2D eigenvalue weighted by molar-refractivity contribution is 0.360. The maximum atomic E-state index is 6.32. The molecule has 0 amide bonds. The first-order valence-corrected chi connectivity index (χ1v) is 28.4. The lowest BCUT2D eigenvalue weighted by Gasteiger charge is -2.22. The van der Waals surface area contributed by atoms with Crippen LogP contribution in [0.1, 0.15) is 198 Å². The van der Waals surface area contributed by atoms with Crippen LogP contribution in [0, 0.1) is 11.8 Å². The lowest BCUT2D eigenvalue weighted by Crippen LogP contribution is -2.12. The molecule has 4 aliphatic carbocycles. The normalized spacial score (nSPS) is 18.8. The Balaban J connectivity index is 1.02. The average Bonchev–Trinajstić information content (AvgIpc) is 3.42. The van der Waals surface area contributed by atoms with E-state index in [0.29, 0.717) is 58.3 Å². The van der Waals surface area contributed by atoms with Crippen LogP contribution in [0.25, 0.3) is 0 Å². The van der Waals surface area contributed by atoms with E-state index >= 15 is 0 Å². The van der Waals surface area contributed by atoms with Crippen LogP contribution in [0.15, 0.2) is 166 Å². The second-order valence-electron chi connectivity index (χ2n) is 20.7. The van der Waals surface area contributed by atoms with E-state index in [-0.39, 0.29) is 23.8 Å². The van der Waals surface area contributed by atoms with Crippen molar-refractivity contribution in [1.82, 2.24) is 0 Å². The molecule has 400 valence electrons. The quantitative estimate of drug-likeness (QED) is 0.0513. The summed E-state index contributed by atoms with van der Waals surface area (Å²) in [5.41, 5.74) is 2.68. The highest BCUT2D eigenvalue weighted by Gasteiger charge is 2.19. The number of amidine groups is 2. The van der Waals surface area contributed by atoms with Gasteiger partial charge in [0.1, 0.15) is 34.5 Å². The van der Waals surface area contributed by atoms with E-state index in [1.165, 1.54) is 140 Å². The molecule has 0 radical (unpaired) electrons. The summed E-state index contributed by atoms with van der Waals surface area (Å²) in [5, 5.41) is 0. The summed E-state index contributed by atoms with van der Waals surface area (Å²) < 4.78 is 37.3. The Morgan fingerprint density at radius 1 is 0.467 bits per heavy atom. The fourth-order valence-electron chi connectivity index (χ4n) is 10.7. The number of hydrogen-bond acceptors (Lipinski definition) is 8. The van der Waals surface area contributed by atoms with Crippen molar-refractivity contribution in [2.24, 2.45) is 31.8 Å². The molecule has 4 aliphatic rings. The van der Waals surface area contributed by atoms with Gasteiger partial charge < -0.3 is 28.4 Å². The minimum absolute atomic E-state index is 0.0334. The Morgan fingerprint density at radius 2 is 0.867 bits per heavy atom. The van der Waals surface area contributed by atoms with E-state index < -0.39 is 0 Å². The molecule has 0 saturated heterocycles. The highest BCUT2D eigenvalue weighted by atomic mass is 16.5. The molecule has 10 nitrogen and oxygen atoms in total. The topological polar surface area (TPSA) is 105 Å². The Morgan fingerprint density at radius 3 is 1.33 bits per heavy atom. The molecule has 0 unspecified atom stereocenters. The molecule has 0 aliphatic heterocycles. The molecule has 4 fully saturated rings. The van der Waals surface area contributed by atoms with E-state index in [0.717, 1.165) is 30.9 Å². The zero-order valence-corrected chi connectivity index (χ0v) is 45.6. The van der Waals surface area contributed by atoms with Crippen LogP contribution in [-0.2, 0) is 9.47 Å². The zero-order valence-electron chi connectivity index (χ0n) is 45.6. The minimum Gasteiger partial charge on any atom is -0.443 e. The third-order valence-electron chi connectivity index (χ3n) is 14.7. The van der Waals surface area contributed by atoms with Crippen molar-refractivity contribution >= 4 is 23.8 Å². The first kappa shape index (κ1) is 56.3. The zero-order chi connectivity index (χ0) is 52.5. The molecule has 10 heteroatoms. The predicted octanol–water partition coefficient (Wildman–Crippen LogP) is 18.5. The Hall–Kier alpha value is -6.42. The van der Waals surface area contributed by atoms with Gasteiger partial charge in [-0.05, 0) is 173 Å². The first-order valence-electron chi connectivity index (χ1n) is 28.4. The Kier molecular flexibility index (Phi) is 23.1. The number of allylic oxidation sites excluding steroid dienone is 6. The number of benzene rings is 3. The average molecular weight is 1020 g/mol. The fraction of sp³-hybridized carbons (Fsp3) is 0.477. The van der Waals surface area contributed by atoms with Gasteiger partial charge in [0.05, 0.1) is 0 Å². The SMILES string of the molecule is C=C(/N=C(\N=C(/C)Oc1ccc(OC(=C)/N=C(\N=C(/C)OC(/C=C\CC2CCCCC2)=C/CC)Oc2ccc(C3CCCCC3)cc2)cc1)OC(/C=C\CC1CCCCC1)=C/C)Oc1ccc(C2CCCCC2)cc1. The van der Waals surface area contributed by atoms with Crippen LogP contribution >= 0.6 is 0 Å². The molecule has 0 bridgehead atoms. The number of hydrogen-bond donors (Lipinski definition) is 0. The highest BCUT2D eigenvalue weighted by Crippen LogP contribution is 2.35. The molecule has 75 heavy (non-hydrogen) atoms. The number of rotatable bonds is 19. The van der Waals surface area contributed by atoms with Gasteiger partial charge >= 0.3 is 12.0 Å². The van der Waals surface area contributed by atoms with Crippen molar-refractivity contribution in [2.75, 3.05) is 0 Å². The van der Waals surface area contributed by atoms with E-state index in [4.69, 9.17) is 33.4 Å². The maximum absolute atomic E-state index is 6.32. The molecule has 3 aromatic rings. The molecular weight excluding hydrogens is 933 g/mol. The van der Waals surface area contributed by atoms with Gasteiger partial charge in [0, 0.05) is 13.8 Å². The van der Waals surface area contributed by atoms with Gasteiger partial charge in [0.15, 0.2) is 11.8 Å². The van der Waals surface area contributed by atoms with Crippen molar-refractivity contribution < 1.29 is 28.4 Å². The molecule has 3 aromatic carbocycles. The third kappa shape index (κ3) is 20.0. The number of aliphatic imine (C=N–C) groups is 4. The summed E-state index contributed by atoms with van der Waals surface area (Å²) in [6, 6.07) is 23.7. The second kappa shape index (κ2) is 30.8. The summed E-state index contributed by atoms with van der Waals surface area (Å²) in [7, 11) is 0. The minimum atomic E-state index is 0.0334. The maximum Gasteiger partial charge on any atom is 0.328 e. The van der Waals surface area contributed by atoms with Gasteiger partial charge in [-0.25, -0.2) is 0 Å². The van der Waals surface area contributed by atoms with Crippen LogP contribution in [0.4, 0.5) is 0 Å². The lowest BCUT2D eigenvalue weighted by atomic mass is 9.84. The standard InChI is InChI=1S/C65H84N4O6/c1-7-23-59(35-22-29-53-26-15-10-16-27-53)70-48(3)68-65(75-63-42-38-57(39-43-63)55-32-19-12-20-33-55)69-51(6)73-62-46-44-61(45-47-62)72-50(5)67-64(74-58(8-2)34-21-28-52-24-13-9-14-25-52)66-49(4)71-60-40-36-56(37-41-60)54-30-17-11-18-31-54/h8,21-23,34-47,52-55H,4,6-7,9-20,24-33H2,1-3,5H3/b34-21-,35-22-,58-8+,59-23+,66-64+,67-50+,68-48+,69-65+. The summed E-state index contributed by atoms with van der Waals surface area (Å²) in [6.45, 7) is 15.8. The summed E-state index contributed by atoms with van der Waals surface area (Å²) in [6.07, 6.45) is 41.0. The number of nitrogens with zero attached hydrogens (tertiary/aromatic N) is 4. The molecule has 7 rings (SSSR count).